The van der Waals surface area contributed by atoms with E-state index in [1.165, 1.54) is 4.31 Å². The van der Waals surface area contributed by atoms with Crippen LogP contribution in [0.4, 0.5) is 0 Å². The van der Waals surface area contributed by atoms with Crippen LogP contribution in [0.3, 0.4) is 0 Å². The van der Waals surface area contributed by atoms with Crippen molar-refractivity contribution in [1.82, 2.24) is 18.8 Å². The van der Waals surface area contributed by atoms with E-state index in [2.05, 4.69) is 10.2 Å². The van der Waals surface area contributed by atoms with Gasteiger partial charge in [0.2, 0.25) is 0 Å². The lowest BCUT2D eigenvalue weighted by Crippen LogP contribution is -2.41. The van der Waals surface area contributed by atoms with Crippen molar-refractivity contribution in [2.75, 3.05) is 20.1 Å². The molecule has 1 atom stereocenters. The fraction of sp³-hybridized carbons (Fsp3) is 0.750. The lowest BCUT2D eigenvalue weighted by atomic mass is 10.0. The minimum Gasteiger partial charge on any atom is -0.282 e. The molecule has 2 rings (SSSR count). The first-order valence-corrected chi connectivity index (χ1v) is 8.03. The van der Waals surface area contributed by atoms with Gasteiger partial charge in [0.05, 0.1) is 11.7 Å². The first-order chi connectivity index (χ1) is 8.89. The third-order valence-electron chi connectivity index (χ3n) is 3.86. The smallest absolute Gasteiger partial charge is 0.282 e. The summed E-state index contributed by atoms with van der Waals surface area (Å²) >= 11 is 0. The quantitative estimate of drug-likeness (QED) is 0.908. The average Bonchev–Trinajstić information content (AvgIpc) is 2.95. The van der Waals surface area contributed by atoms with E-state index in [1.807, 2.05) is 20.8 Å². The number of H-pyrrole nitrogens is 1. The van der Waals surface area contributed by atoms with Crippen molar-refractivity contribution in [3.8, 4) is 0 Å². The van der Waals surface area contributed by atoms with Crippen LogP contribution < -0.4 is 0 Å². The summed E-state index contributed by atoms with van der Waals surface area (Å²) in [6.45, 7) is 6.78. The average molecular weight is 286 g/mol. The Kier molecular flexibility index (Phi) is 3.98. The Hall–Kier alpha value is -0.920. The van der Waals surface area contributed by atoms with Gasteiger partial charge in [0.25, 0.3) is 10.2 Å². The number of aryl methyl sites for hydroxylation is 2. The summed E-state index contributed by atoms with van der Waals surface area (Å²) in [5.74, 6) is 0. The van der Waals surface area contributed by atoms with Gasteiger partial charge in [-0.25, -0.2) is 0 Å². The normalized spacial score (nSPS) is 21.4. The number of aromatic nitrogens is 2. The maximum absolute atomic E-state index is 12.5. The number of nitrogens with zero attached hydrogens (tertiary/aromatic N) is 3. The van der Waals surface area contributed by atoms with Crippen LogP contribution in [0, 0.1) is 13.8 Å². The lowest BCUT2D eigenvalue weighted by Gasteiger charge is -2.28. The van der Waals surface area contributed by atoms with Gasteiger partial charge >= 0.3 is 0 Å². The Balaban J connectivity index is 2.38. The second-order valence-electron chi connectivity index (χ2n) is 5.04. The summed E-state index contributed by atoms with van der Waals surface area (Å²) in [6.07, 6.45) is 1.75. The Morgan fingerprint density at radius 3 is 2.68 bits per heavy atom. The molecular weight excluding hydrogens is 264 g/mol. The summed E-state index contributed by atoms with van der Waals surface area (Å²) < 4.78 is 28.0. The van der Waals surface area contributed by atoms with Crippen molar-refractivity contribution in [2.24, 2.45) is 0 Å². The van der Waals surface area contributed by atoms with Crippen molar-refractivity contribution in [2.45, 2.75) is 39.7 Å². The highest BCUT2D eigenvalue weighted by Crippen LogP contribution is 2.37. The van der Waals surface area contributed by atoms with Crippen molar-refractivity contribution < 1.29 is 8.42 Å². The highest BCUT2D eigenvalue weighted by molar-refractivity contribution is 7.86. The van der Waals surface area contributed by atoms with E-state index in [4.69, 9.17) is 0 Å². The second-order valence-corrected chi connectivity index (χ2v) is 7.03. The highest BCUT2D eigenvalue weighted by Gasteiger charge is 2.38. The Morgan fingerprint density at radius 1 is 1.47 bits per heavy atom. The van der Waals surface area contributed by atoms with E-state index in [1.54, 1.807) is 11.4 Å². The highest BCUT2D eigenvalue weighted by atomic mass is 32.2. The summed E-state index contributed by atoms with van der Waals surface area (Å²) in [5.41, 5.74) is 2.89. The van der Waals surface area contributed by atoms with Crippen LogP contribution in [0.5, 0.6) is 0 Å². The Morgan fingerprint density at radius 2 is 2.16 bits per heavy atom. The number of nitrogens with one attached hydrogen (secondary N) is 1. The minimum absolute atomic E-state index is 0.0854. The fourth-order valence-electron chi connectivity index (χ4n) is 2.70. The maximum Gasteiger partial charge on any atom is 0.282 e. The van der Waals surface area contributed by atoms with Gasteiger partial charge in [-0.3, -0.25) is 5.10 Å². The van der Waals surface area contributed by atoms with Gasteiger partial charge in [0.15, 0.2) is 0 Å². The molecule has 1 saturated heterocycles. The Bertz CT molecular complexity index is 533. The SMILES string of the molecule is CCN(C)S(=O)(=O)N1CCC[C@@H]1c1c(C)n[nH]c1C. The van der Waals surface area contributed by atoms with Crippen LogP contribution in [0.2, 0.25) is 0 Å². The second kappa shape index (κ2) is 5.22. The predicted molar refractivity (Wildman–Crippen MR) is 74.0 cm³/mol. The molecule has 2 heterocycles. The monoisotopic (exact) mass is 286 g/mol. The van der Waals surface area contributed by atoms with E-state index >= 15 is 0 Å². The maximum atomic E-state index is 12.5. The molecule has 7 heteroatoms. The summed E-state index contributed by atoms with van der Waals surface area (Å²) in [7, 11) is -1.75. The molecule has 1 fully saturated rings. The minimum atomic E-state index is -3.37. The summed E-state index contributed by atoms with van der Waals surface area (Å²) in [4.78, 5) is 0. The van der Waals surface area contributed by atoms with Gasteiger partial charge in [0.1, 0.15) is 0 Å². The largest absolute Gasteiger partial charge is 0.282 e. The number of hydrogen-bond donors (Lipinski definition) is 1. The summed E-state index contributed by atoms with van der Waals surface area (Å²) in [6, 6.07) is -0.0854. The molecule has 108 valence electrons. The fourth-order valence-corrected chi connectivity index (χ4v) is 4.27. The van der Waals surface area contributed by atoms with Gasteiger partial charge < -0.3 is 0 Å². The van der Waals surface area contributed by atoms with E-state index < -0.39 is 10.2 Å². The molecule has 0 saturated carbocycles. The van der Waals surface area contributed by atoms with Crippen LogP contribution in [0.25, 0.3) is 0 Å². The van der Waals surface area contributed by atoms with Crippen molar-refractivity contribution >= 4 is 10.2 Å². The zero-order valence-electron chi connectivity index (χ0n) is 12.0. The number of rotatable bonds is 4. The molecule has 19 heavy (non-hydrogen) atoms. The zero-order chi connectivity index (χ0) is 14.2. The molecule has 0 aromatic carbocycles. The predicted octanol–water partition coefficient (Wildman–Crippen LogP) is 1.36. The molecule has 0 unspecified atom stereocenters. The molecule has 1 aliphatic rings. The van der Waals surface area contributed by atoms with Crippen LogP contribution >= 0.6 is 0 Å². The van der Waals surface area contributed by atoms with Crippen LogP contribution in [-0.2, 0) is 10.2 Å². The van der Waals surface area contributed by atoms with Crippen molar-refractivity contribution in [1.29, 1.82) is 0 Å². The molecule has 0 bridgehead atoms. The van der Waals surface area contributed by atoms with E-state index in [9.17, 15) is 8.42 Å². The third-order valence-corrected chi connectivity index (χ3v) is 5.93. The molecule has 1 aromatic rings. The van der Waals surface area contributed by atoms with Gasteiger partial charge in [0, 0.05) is 31.4 Å². The third kappa shape index (κ3) is 2.42. The lowest BCUT2D eigenvalue weighted by molar-refractivity contribution is 0.351. The molecule has 0 radical (unpaired) electrons. The van der Waals surface area contributed by atoms with E-state index in [0.29, 0.717) is 13.1 Å². The van der Waals surface area contributed by atoms with Gasteiger partial charge in [-0.1, -0.05) is 6.92 Å². The first-order valence-electron chi connectivity index (χ1n) is 6.64. The molecule has 0 aliphatic carbocycles. The molecule has 1 aliphatic heterocycles. The Labute approximate surface area is 115 Å². The van der Waals surface area contributed by atoms with Crippen LogP contribution in [-0.4, -0.2) is 47.4 Å². The molecule has 1 N–H and O–H groups in total. The molecule has 1 aromatic heterocycles. The molecular formula is C12H22N4O2S. The standard InChI is InChI=1S/C12H22N4O2S/c1-5-15(4)19(17,18)16-8-6-7-11(16)12-9(2)13-14-10(12)3/h11H,5-8H2,1-4H3,(H,13,14)/t11-/m1/s1. The number of aromatic amines is 1. The summed E-state index contributed by atoms with van der Waals surface area (Å²) in [5, 5.41) is 7.13. The van der Waals surface area contributed by atoms with Crippen molar-refractivity contribution in [3.05, 3.63) is 17.0 Å². The van der Waals surface area contributed by atoms with Gasteiger partial charge in [-0.15, -0.1) is 0 Å². The number of hydrogen-bond acceptors (Lipinski definition) is 3. The van der Waals surface area contributed by atoms with E-state index in [0.717, 1.165) is 29.8 Å². The zero-order valence-corrected chi connectivity index (χ0v) is 12.8. The van der Waals surface area contributed by atoms with E-state index in [-0.39, 0.29) is 6.04 Å². The molecule has 0 spiro atoms. The topological polar surface area (TPSA) is 69.3 Å². The van der Waals surface area contributed by atoms with Gasteiger partial charge in [-0.2, -0.15) is 22.1 Å². The van der Waals surface area contributed by atoms with Gasteiger partial charge in [-0.05, 0) is 26.7 Å². The van der Waals surface area contributed by atoms with Crippen LogP contribution in [0.1, 0.15) is 42.8 Å². The van der Waals surface area contributed by atoms with Crippen molar-refractivity contribution in [3.63, 3.8) is 0 Å². The first kappa shape index (κ1) is 14.5. The molecule has 6 nitrogen and oxygen atoms in total. The molecule has 0 amide bonds. The van der Waals surface area contributed by atoms with Crippen LogP contribution in [0.15, 0.2) is 0 Å².